The predicted molar refractivity (Wildman–Crippen MR) is 121 cm³/mol. The van der Waals surface area contributed by atoms with Crippen LogP contribution in [-0.4, -0.2) is 5.91 Å². The van der Waals surface area contributed by atoms with Crippen molar-refractivity contribution < 1.29 is 4.79 Å². The topological polar surface area (TPSA) is 32.3 Å². The molecule has 0 aliphatic carbocycles. The van der Waals surface area contributed by atoms with Gasteiger partial charge >= 0.3 is 0 Å². The van der Waals surface area contributed by atoms with E-state index in [9.17, 15) is 4.79 Å². The minimum absolute atomic E-state index is 0.0228. The Labute approximate surface area is 173 Å². The molecule has 0 saturated carbocycles. The number of hydrogen-bond donors (Lipinski definition) is 1. The third-order valence-electron chi connectivity index (χ3n) is 5.68. The van der Waals surface area contributed by atoms with Gasteiger partial charge in [-0.3, -0.25) is 9.69 Å². The largest absolute Gasteiger partial charge is 0.360 e. The van der Waals surface area contributed by atoms with Gasteiger partial charge < -0.3 is 5.32 Å². The van der Waals surface area contributed by atoms with E-state index in [1.165, 1.54) is 11.1 Å². The Kier molecular flexibility index (Phi) is 5.14. The van der Waals surface area contributed by atoms with Crippen molar-refractivity contribution in [3.63, 3.8) is 0 Å². The number of fused-ring (bicyclic) bond motifs is 1. The van der Waals surface area contributed by atoms with Crippen molar-refractivity contribution in [3.05, 3.63) is 95.1 Å². The summed E-state index contributed by atoms with van der Waals surface area (Å²) in [6.45, 7) is 8.74. The van der Waals surface area contributed by atoms with E-state index in [1.807, 2.05) is 29.2 Å². The molecule has 1 aliphatic rings. The summed E-state index contributed by atoms with van der Waals surface area (Å²) in [5.74, 6) is 0.958. The van der Waals surface area contributed by atoms with E-state index in [0.717, 1.165) is 16.9 Å². The summed E-state index contributed by atoms with van der Waals surface area (Å²) in [5, 5.41) is 3.58. The second kappa shape index (κ2) is 7.75. The lowest BCUT2D eigenvalue weighted by Crippen LogP contribution is -2.43. The average Bonchev–Trinajstić information content (AvgIpc) is 2.74. The maximum atomic E-state index is 13.5. The zero-order valence-electron chi connectivity index (χ0n) is 17.5. The molecule has 1 amide bonds. The van der Waals surface area contributed by atoms with Gasteiger partial charge in [0.1, 0.15) is 6.17 Å². The van der Waals surface area contributed by atoms with Crippen LogP contribution in [0.25, 0.3) is 0 Å². The number of hydrogen-bond acceptors (Lipinski definition) is 2. The van der Waals surface area contributed by atoms with Crippen molar-refractivity contribution in [1.82, 2.24) is 0 Å². The Morgan fingerprint density at radius 2 is 1.31 bits per heavy atom. The molecule has 1 atom stereocenters. The number of rotatable bonds is 4. The smallest absolute Gasteiger partial charge is 0.262 e. The Bertz CT molecular complexity index is 1000. The maximum Gasteiger partial charge on any atom is 0.262 e. The molecule has 1 heterocycles. The highest BCUT2D eigenvalue weighted by atomic mass is 16.2. The number of carbonyl (C=O) groups excluding carboxylic acids is 1. The summed E-state index contributed by atoms with van der Waals surface area (Å²) in [6, 6.07) is 24.7. The Balaban J connectivity index is 1.78. The summed E-state index contributed by atoms with van der Waals surface area (Å²) < 4.78 is 0. The summed E-state index contributed by atoms with van der Waals surface area (Å²) in [7, 11) is 0. The third-order valence-corrected chi connectivity index (χ3v) is 5.68. The minimum atomic E-state index is -0.247. The average molecular weight is 385 g/mol. The van der Waals surface area contributed by atoms with Crippen LogP contribution in [0.15, 0.2) is 72.8 Å². The zero-order valence-corrected chi connectivity index (χ0v) is 17.5. The predicted octanol–water partition coefficient (Wildman–Crippen LogP) is 6.70. The van der Waals surface area contributed by atoms with E-state index in [-0.39, 0.29) is 12.1 Å². The second-order valence-electron chi connectivity index (χ2n) is 8.34. The van der Waals surface area contributed by atoms with Crippen LogP contribution in [0.1, 0.15) is 72.7 Å². The molecule has 3 heteroatoms. The molecule has 0 fully saturated rings. The molecule has 0 radical (unpaired) electrons. The molecule has 0 aromatic heterocycles. The summed E-state index contributed by atoms with van der Waals surface area (Å²) in [6.07, 6.45) is -0.247. The van der Waals surface area contributed by atoms with Gasteiger partial charge in [-0.25, -0.2) is 0 Å². The van der Waals surface area contributed by atoms with Gasteiger partial charge in [-0.2, -0.15) is 0 Å². The lowest BCUT2D eigenvalue weighted by atomic mass is 9.98. The minimum Gasteiger partial charge on any atom is -0.360 e. The maximum absolute atomic E-state index is 13.5. The van der Waals surface area contributed by atoms with Gasteiger partial charge in [0.05, 0.1) is 5.56 Å². The molecule has 0 bridgehead atoms. The molecule has 0 saturated heterocycles. The first-order valence-corrected chi connectivity index (χ1v) is 10.3. The monoisotopic (exact) mass is 384 g/mol. The molecule has 0 spiro atoms. The second-order valence-corrected chi connectivity index (χ2v) is 8.34. The first-order chi connectivity index (χ1) is 14.0. The van der Waals surface area contributed by atoms with Crippen LogP contribution < -0.4 is 10.2 Å². The number of nitrogens with zero attached hydrogens (tertiary/aromatic N) is 1. The normalized spacial score (nSPS) is 16.1. The summed E-state index contributed by atoms with van der Waals surface area (Å²) in [4.78, 5) is 15.4. The van der Waals surface area contributed by atoms with E-state index in [2.05, 4.69) is 81.5 Å². The Morgan fingerprint density at radius 3 is 1.90 bits per heavy atom. The van der Waals surface area contributed by atoms with Gasteiger partial charge in [-0.05, 0) is 52.8 Å². The lowest BCUT2D eigenvalue weighted by Gasteiger charge is -2.38. The van der Waals surface area contributed by atoms with Crippen molar-refractivity contribution in [2.45, 2.75) is 45.7 Å². The molecule has 0 unspecified atom stereocenters. The van der Waals surface area contributed by atoms with E-state index < -0.39 is 0 Å². The van der Waals surface area contributed by atoms with Crippen molar-refractivity contribution in [3.8, 4) is 0 Å². The van der Waals surface area contributed by atoms with Crippen molar-refractivity contribution in [2.75, 3.05) is 10.2 Å². The van der Waals surface area contributed by atoms with Gasteiger partial charge in [0.25, 0.3) is 5.91 Å². The number of benzene rings is 3. The first-order valence-electron chi connectivity index (χ1n) is 10.3. The molecule has 29 heavy (non-hydrogen) atoms. The lowest BCUT2D eigenvalue weighted by molar-refractivity contribution is 0.0975. The van der Waals surface area contributed by atoms with E-state index >= 15 is 0 Å². The van der Waals surface area contributed by atoms with Gasteiger partial charge in [-0.15, -0.1) is 0 Å². The first kappa shape index (κ1) is 19.3. The molecule has 1 aliphatic heterocycles. The van der Waals surface area contributed by atoms with Crippen LogP contribution in [-0.2, 0) is 0 Å². The van der Waals surface area contributed by atoms with Crippen molar-refractivity contribution >= 4 is 17.3 Å². The fraction of sp³-hybridized carbons (Fsp3) is 0.269. The van der Waals surface area contributed by atoms with Crippen LogP contribution in [0.3, 0.4) is 0 Å². The van der Waals surface area contributed by atoms with Gasteiger partial charge in [0, 0.05) is 11.4 Å². The van der Waals surface area contributed by atoms with E-state index in [1.54, 1.807) is 0 Å². The van der Waals surface area contributed by atoms with Gasteiger partial charge in [0.2, 0.25) is 0 Å². The van der Waals surface area contributed by atoms with Crippen molar-refractivity contribution in [2.24, 2.45) is 0 Å². The highest BCUT2D eigenvalue weighted by molar-refractivity contribution is 6.12. The highest BCUT2D eigenvalue weighted by Crippen LogP contribution is 2.37. The van der Waals surface area contributed by atoms with Crippen LogP contribution in [0.2, 0.25) is 0 Å². The molecular formula is C26H28N2O. The molecule has 3 aromatic rings. The van der Waals surface area contributed by atoms with Crippen LogP contribution in [0.4, 0.5) is 11.4 Å². The van der Waals surface area contributed by atoms with Crippen LogP contribution in [0.5, 0.6) is 0 Å². The number of amides is 1. The number of carbonyl (C=O) groups is 1. The number of nitrogens with one attached hydrogen (secondary N) is 1. The zero-order chi connectivity index (χ0) is 20.5. The fourth-order valence-corrected chi connectivity index (χ4v) is 3.84. The van der Waals surface area contributed by atoms with Crippen molar-refractivity contribution in [1.29, 1.82) is 0 Å². The Morgan fingerprint density at radius 1 is 0.759 bits per heavy atom. The number of para-hydroxylation sites is 1. The van der Waals surface area contributed by atoms with Gasteiger partial charge in [0.15, 0.2) is 0 Å². The van der Waals surface area contributed by atoms with E-state index in [4.69, 9.17) is 0 Å². The molecule has 4 rings (SSSR count). The quantitative estimate of drug-likeness (QED) is 0.542. The molecular weight excluding hydrogens is 356 g/mol. The fourth-order valence-electron chi connectivity index (χ4n) is 3.84. The van der Waals surface area contributed by atoms with E-state index in [0.29, 0.717) is 17.4 Å². The summed E-state index contributed by atoms with van der Waals surface area (Å²) >= 11 is 0. The molecule has 148 valence electrons. The standard InChI is InChI=1S/C26H28N2O/c1-17(2)19-9-11-21(12-10-19)25-27-24-8-6-5-7-23(24)26(29)28(25)22-15-13-20(14-16-22)18(3)4/h5-18,25,27H,1-4H3/t25-/m0/s1. The molecule has 3 nitrogen and oxygen atoms in total. The van der Waals surface area contributed by atoms with Crippen LogP contribution >= 0.6 is 0 Å². The SMILES string of the molecule is CC(C)c1ccc([C@H]2Nc3ccccc3C(=O)N2c2ccc(C(C)C)cc2)cc1. The number of anilines is 2. The molecule has 1 N–H and O–H groups in total. The van der Waals surface area contributed by atoms with Gasteiger partial charge in [-0.1, -0.05) is 76.2 Å². The van der Waals surface area contributed by atoms with Crippen LogP contribution in [0, 0.1) is 0 Å². The summed E-state index contributed by atoms with van der Waals surface area (Å²) in [5.41, 5.74) is 6.12. The third kappa shape index (κ3) is 3.65. The molecule has 3 aromatic carbocycles. The Hall–Kier alpha value is -3.07. The highest BCUT2D eigenvalue weighted by Gasteiger charge is 2.34.